The lowest BCUT2D eigenvalue weighted by Gasteiger charge is -2.22. The zero-order valence-electron chi connectivity index (χ0n) is 17.8. The van der Waals surface area contributed by atoms with E-state index >= 15 is 0 Å². The Balaban J connectivity index is 1.16. The van der Waals surface area contributed by atoms with Crippen LogP contribution in [0.4, 0.5) is 4.79 Å². The lowest BCUT2D eigenvalue weighted by Crippen LogP contribution is -2.34. The highest BCUT2D eigenvalue weighted by Crippen LogP contribution is 2.33. The summed E-state index contributed by atoms with van der Waals surface area (Å²) >= 11 is 12.0. The molecule has 3 aromatic rings. The number of benzene rings is 2. The number of ether oxygens (including phenoxy) is 1. The first-order valence-corrected chi connectivity index (χ1v) is 11.7. The average Bonchev–Trinajstić information content (AvgIpc) is 3.38. The van der Waals surface area contributed by atoms with E-state index < -0.39 is 0 Å². The molecule has 2 amide bonds. The van der Waals surface area contributed by atoms with E-state index in [1.54, 1.807) is 29.2 Å². The van der Waals surface area contributed by atoms with Gasteiger partial charge in [0.1, 0.15) is 12.1 Å². The molecule has 2 atom stereocenters. The topological polar surface area (TPSA) is 91.4 Å². The molecule has 1 N–H and O–H groups in total. The fourth-order valence-electron chi connectivity index (χ4n) is 4.78. The molecule has 0 unspecified atom stereocenters. The van der Waals surface area contributed by atoms with Crippen LogP contribution >= 0.6 is 23.2 Å². The summed E-state index contributed by atoms with van der Waals surface area (Å²) in [5.74, 6) is 0.757. The summed E-state index contributed by atoms with van der Waals surface area (Å²) < 4.78 is 5.49. The molecule has 0 bridgehead atoms. The maximum Gasteiger partial charge on any atom is 0.410 e. The Morgan fingerprint density at radius 2 is 1.70 bits per heavy atom. The third kappa shape index (κ3) is 4.77. The van der Waals surface area contributed by atoms with Gasteiger partial charge in [-0.15, -0.1) is 5.10 Å². The molecule has 2 fully saturated rings. The second kappa shape index (κ2) is 9.19. The molecule has 2 aromatic carbocycles. The smallest absolute Gasteiger partial charge is 0.410 e. The number of aromatic nitrogens is 3. The Morgan fingerprint density at radius 1 is 1.00 bits per heavy atom. The Hall–Kier alpha value is -2.84. The van der Waals surface area contributed by atoms with Gasteiger partial charge in [0.05, 0.1) is 5.52 Å². The van der Waals surface area contributed by atoms with Crippen LogP contribution in [-0.4, -0.2) is 63.4 Å². The number of carbonyl (C=O) groups excluding carboxylic acids is 2. The maximum atomic E-state index is 13.0. The number of nitrogens with one attached hydrogen (secondary N) is 1. The second-order valence-corrected chi connectivity index (χ2v) is 9.54. The highest BCUT2D eigenvalue weighted by atomic mass is 35.5. The number of amides is 2. The predicted molar refractivity (Wildman–Crippen MR) is 124 cm³/mol. The third-order valence-electron chi connectivity index (χ3n) is 6.52. The lowest BCUT2D eigenvalue weighted by atomic mass is 9.92. The van der Waals surface area contributed by atoms with Crippen LogP contribution in [0.5, 0.6) is 0 Å². The Kier molecular flexibility index (Phi) is 6.12. The third-order valence-corrected chi connectivity index (χ3v) is 6.96. The van der Waals surface area contributed by atoms with Gasteiger partial charge >= 0.3 is 6.09 Å². The molecule has 172 valence electrons. The zero-order chi connectivity index (χ0) is 22.9. The first kappa shape index (κ1) is 22.0. The number of hydrogen-bond acceptors (Lipinski definition) is 5. The highest BCUT2D eigenvalue weighted by molar-refractivity contribution is 6.34. The number of carbonyl (C=O) groups is 2. The van der Waals surface area contributed by atoms with Crippen molar-refractivity contribution in [3.05, 3.63) is 57.6 Å². The van der Waals surface area contributed by atoms with Gasteiger partial charge in [0.15, 0.2) is 0 Å². The summed E-state index contributed by atoms with van der Waals surface area (Å²) in [7, 11) is 0. The van der Waals surface area contributed by atoms with Crippen LogP contribution < -0.4 is 0 Å². The molecular formula is C23H23Cl2N5O3. The van der Waals surface area contributed by atoms with Crippen LogP contribution in [0.25, 0.3) is 11.0 Å². The number of aromatic amines is 1. The standard InChI is InChI=1S/C23H23Cl2N5O3/c24-18-7-14(8-19(25)10-18)13-33-23(32)29-5-3-16-11-30(12-17(16)4-6-29)22(31)15-1-2-20-21(9-15)27-28-26-20/h1-2,7-10,16-17H,3-6,11-13H2,(H,26,27,28)/t16-,17+. The van der Waals surface area contributed by atoms with Crippen molar-refractivity contribution in [1.82, 2.24) is 25.2 Å². The van der Waals surface area contributed by atoms with Crippen LogP contribution in [-0.2, 0) is 11.3 Å². The fraction of sp³-hybridized carbons (Fsp3) is 0.391. The number of likely N-dealkylation sites (tertiary alicyclic amines) is 2. The minimum atomic E-state index is -0.333. The Bertz CT molecular complexity index is 1160. The average molecular weight is 488 g/mol. The molecule has 1 aromatic heterocycles. The Morgan fingerprint density at radius 3 is 2.39 bits per heavy atom. The lowest BCUT2D eigenvalue weighted by molar-refractivity contribution is 0.0772. The van der Waals surface area contributed by atoms with Gasteiger partial charge in [-0.25, -0.2) is 4.79 Å². The molecule has 8 nitrogen and oxygen atoms in total. The number of nitrogens with zero attached hydrogens (tertiary/aromatic N) is 4. The SMILES string of the molecule is O=C(OCc1cc(Cl)cc(Cl)c1)N1CC[C@@H]2CN(C(=O)c3ccc4[nH]nnc4c3)C[C@@H]2CC1. The van der Waals surface area contributed by atoms with E-state index in [9.17, 15) is 9.59 Å². The summed E-state index contributed by atoms with van der Waals surface area (Å²) in [4.78, 5) is 29.3. The minimum absolute atomic E-state index is 0.0180. The van der Waals surface area contributed by atoms with Crippen molar-refractivity contribution in [2.24, 2.45) is 11.8 Å². The largest absolute Gasteiger partial charge is 0.445 e. The van der Waals surface area contributed by atoms with Crippen LogP contribution in [0, 0.1) is 11.8 Å². The molecule has 5 rings (SSSR count). The Labute approximate surface area is 200 Å². The van der Waals surface area contributed by atoms with E-state index in [1.165, 1.54) is 0 Å². The van der Waals surface area contributed by atoms with Gasteiger partial charge in [0, 0.05) is 41.8 Å². The maximum absolute atomic E-state index is 13.0. The number of hydrogen-bond donors (Lipinski definition) is 1. The van der Waals surface area contributed by atoms with Gasteiger partial charge in [-0.05, 0) is 66.6 Å². The van der Waals surface area contributed by atoms with Crippen LogP contribution in [0.2, 0.25) is 10.0 Å². The number of halogens is 2. The van der Waals surface area contributed by atoms with Crippen molar-refractivity contribution in [2.75, 3.05) is 26.2 Å². The monoisotopic (exact) mass is 487 g/mol. The first-order chi connectivity index (χ1) is 16.0. The molecule has 0 spiro atoms. The van der Waals surface area contributed by atoms with E-state index in [2.05, 4.69) is 15.4 Å². The highest BCUT2D eigenvalue weighted by Gasteiger charge is 2.38. The van der Waals surface area contributed by atoms with Crippen molar-refractivity contribution >= 4 is 46.2 Å². The van der Waals surface area contributed by atoms with E-state index in [0.717, 1.165) is 23.9 Å². The zero-order valence-corrected chi connectivity index (χ0v) is 19.3. The van der Waals surface area contributed by atoms with Crippen molar-refractivity contribution in [1.29, 1.82) is 0 Å². The molecule has 3 heterocycles. The van der Waals surface area contributed by atoms with E-state index in [-0.39, 0.29) is 18.6 Å². The van der Waals surface area contributed by atoms with Crippen molar-refractivity contribution in [2.45, 2.75) is 19.4 Å². The molecule has 2 aliphatic rings. The summed E-state index contributed by atoms with van der Waals surface area (Å²) in [5.41, 5.74) is 2.87. The van der Waals surface area contributed by atoms with E-state index in [4.69, 9.17) is 27.9 Å². The van der Waals surface area contributed by atoms with Crippen molar-refractivity contribution in [3.8, 4) is 0 Å². The summed E-state index contributed by atoms with van der Waals surface area (Å²) in [5, 5.41) is 11.6. The first-order valence-electron chi connectivity index (χ1n) is 10.9. The molecule has 0 radical (unpaired) electrons. The predicted octanol–water partition coefficient (Wildman–Crippen LogP) is 4.39. The normalized spacial score (nSPS) is 20.5. The molecular weight excluding hydrogens is 465 g/mol. The number of rotatable bonds is 3. The quantitative estimate of drug-likeness (QED) is 0.591. The van der Waals surface area contributed by atoms with E-state index in [1.807, 2.05) is 17.0 Å². The van der Waals surface area contributed by atoms with Crippen molar-refractivity contribution in [3.63, 3.8) is 0 Å². The molecule has 10 heteroatoms. The van der Waals surface area contributed by atoms with Crippen LogP contribution in [0.3, 0.4) is 0 Å². The fourth-order valence-corrected chi connectivity index (χ4v) is 5.36. The van der Waals surface area contributed by atoms with Gasteiger partial charge in [-0.1, -0.05) is 28.4 Å². The van der Waals surface area contributed by atoms with Gasteiger partial charge in [0.25, 0.3) is 5.91 Å². The molecule has 0 saturated carbocycles. The van der Waals surface area contributed by atoms with Crippen LogP contribution in [0.15, 0.2) is 36.4 Å². The molecule has 33 heavy (non-hydrogen) atoms. The van der Waals surface area contributed by atoms with Crippen LogP contribution in [0.1, 0.15) is 28.8 Å². The second-order valence-electron chi connectivity index (χ2n) is 8.67. The molecule has 2 saturated heterocycles. The van der Waals surface area contributed by atoms with E-state index in [0.29, 0.717) is 59.1 Å². The van der Waals surface area contributed by atoms with Crippen molar-refractivity contribution < 1.29 is 14.3 Å². The van der Waals surface area contributed by atoms with Gasteiger partial charge in [0.2, 0.25) is 0 Å². The summed E-state index contributed by atoms with van der Waals surface area (Å²) in [6.45, 7) is 2.75. The van der Waals surface area contributed by atoms with Gasteiger partial charge < -0.3 is 14.5 Å². The summed E-state index contributed by atoms with van der Waals surface area (Å²) in [6.07, 6.45) is 1.35. The minimum Gasteiger partial charge on any atom is -0.445 e. The summed E-state index contributed by atoms with van der Waals surface area (Å²) in [6, 6.07) is 10.5. The number of H-pyrrole nitrogens is 1. The molecule has 0 aliphatic carbocycles. The number of fused-ring (bicyclic) bond motifs is 2. The van der Waals surface area contributed by atoms with Gasteiger partial charge in [-0.2, -0.15) is 0 Å². The molecule has 2 aliphatic heterocycles. The van der Waals surface area contributed by atoms with Gasteiger partial charge in [-0.3, -0.25) is 9.89 Å².